The second-order valence-electron chi connectivity index (χ2n) is 5.62. The van der Waals surface area contributed by atoms with Gasteiger partial charge in [-0.05, 0) is 36.1 Å². The lowest BCUT2D eigenvalue weighted by Gasteiger charge is -2.09. The van der Waals surface area contributed by atoms with Crippen molar-refractivity contribution in [2.45, 2.75) is 18.5 Å². The maximum Gasteiger partial charge on any atom is 0.417 e. The van der Waals surface area contributed by atoms with Crippen LogP contribution in [0.5, 0.6) is 0 Å². The summed E-state index contributed by atoms with van der Waals surface area (Å²) in [5, 5.41) is 2.22. The molecule has 0 aliphatic heterocycles. The minimum atomic E-state index is -4.63. The minimum absolute atomic E-state index is 0.203. The first-order valence-electron chi connectivity index (χ1n) is 7.12. The average molecular weight is 340 g/mol. The Morgan fingerprint density at radius 1 is 1.25 bits per heavy atom. The summed E-state index contributed by atoms with van der Waals surface area (Å²) < 4.78 is 51.2. The van der Waals surface area contributed by atoms with E-state index in [1.54, 1.807) is 6.07 Å². The van der Waals surface area contributed by atoms with E-state index in [1.807, 2.05) is 4.98 Å². The maximum atomic E-state index is 13.2. The number of pyridine rings is 1. The zero-order valence-electron chi connectivity index (χ0n) is 12.2. The molecule has 1 aliphatic carbocycles. The number of halogens is 4. The molecule has 1 amide bonds. The highest BCUT2D eigenvalue weighted by Gasteiger charge is 2.44. The first-order valence-corrected chi connectivity index (χ1v) is 7.12. The summed E-state index contributed by atoms with van der Waals surface area (Å²) in [6, 6.07) is 6.39. The number of alkyl halides is 3. The number of rotatable bonds is 3. The van der Waals surface area contributed by atoms with Crippen LogP contribution in [-0.2, 0) is 11.0 Å². The van der Waals surface area contributed by atoms with Gasteiger partial charge in [-0.15, -0.1) is 0 Å². The van der Waals surface area contributed by atoms with Gasteiger partial charge in [-0.1, -0.05) is 12.1 Å². The van der Waals surface area contributed by atoms with E-state index in [0.29, 0.717) is 24.2 Å². The molecular formula is C16H12F4N2O2. The van der Waals surface area contributed by atoms with Crippen molar-refractivity contribution < 1.29 is 22.4 Å². The molecule has 2 unspecified atom stereocenters. The maximum absolute atomic E-state index is 13.2. The lowest BCUT2D eigenvalue weighted by Crippen LogP contribution is -2.22. The van der Waals surface area contributed by atoms with Gasteiger partial charge in [0.2, 0.25) is 5.91 Å². The molecule has 126 valence electrons. The molecule has 2 aromatic rings. The summed E-state index contributed by atoms with van der Waals surface area (Å²) in [6.07, 6.45) is -3.63. The van der Waals surface area contributed by atoms with Crippen LogP contribution in [0.2, 0.25) is 0 Å². The smallest absolute Gasteiger partial charge is 0.327 e. The quantitative estimate of drug-likeness (QED) is 0.843. The van der Waals surface area contributed by atoms with E-state index < -0.39 is 40.6 Å². The monoisotopic (exact) mass is 340 g/mol. The first kappa shape index (κ1) is 16.2. The summed E-state index contributed by atoms with van der Waals surface area (Å²) in [5.41, 5.74) is -1.69. The molecule has 1 saturated carbocycles. The Balaban J connectivity index is 1.74. The highest BCUT2D eigenvalue weighted by Crippen LogP contribution is 2.48. The lowest BCUT2D eigenvalue weighted by molar-refractivity contribution is -0.137. The standard InChI is InChI=1S/C16H12F4N2O2/c17-10-3-1-2-8(4-10)11-6-12(11)14(23)22-13-5-9(16(18,19)20)7-21-15(13)24/h1-5,7,11-12H,6H2,(H,21,24)(H,22,23). The largest absolute Gasteiger partial charge is 0.417 e. The number of benzene rings is 1. The van der Waals surface area contributed by atoms with Crippen molar-refractivity contribution in [1.82, 2.24) is 4.98 Å². The molecule has 1 aromatic carbocycles. The van der Waals surface area contributed by atoms with Crippen molar-refractivity contribution in [2.24, 2.45) is 5.92 Å². The van der Waals surface area contributed by atoms with E-state index in [4.69, 9.17) is 0 Å². The molecule has 4 nitrogen and oxygen atoms in total. The van der Waals surface area contributed by atoms with Crippen molar-refractivity contribution in [1.29, 1.82) is 0 Å². The molecule has 2 atom stereocenters. The zero-order chi connectivity index (χ0) is 17.5. The van der Waals surface area contributed by atoms with Gasteiger partial charge in [-0.25, -0.2) is 4.39 Å². The minimum Gasteiger partial charge on any atom is -0.327 e. The second-order valence-corrected chi connectivity index (χ2v) is 5.62. The molecule has 1 aromatic heterocycles. The van der Waals surface area contributed by atoms with E-state index >= 15 is 0 Å². The fraction of sp³-hybridized carbons (Fsp3) is 0.250. The number of hydrogen-bond donors (Lipinski definition) is 2. The fourth-order valence-electron chi connectivity index (χ4n) is 2.56. The van der Waals surface area contributed by atoms with Crippen LogP contribution >= 0.6 is 0 Å². The molecule has 24 heavy (non-hydrogen) atoms. The molecule has 0 bridgehead atoms. The highest BCUT2D eigenvalue weighted by atomic mass is 19.4. The Kier molecular flexibility index (Phi) is 3.90. The van der Waals surface area contributed by atoms with E-state index in [9.17, 15) is 27.2 Å². The number of carbonyl (C=O) groups excluding carboxylic acids is 1. The summed E-state index contributed by atoms with van der Waals surface area (Å²) in [4.78, 5) is 25.7. The number of hydrogen-bond acceptors (Lipinski definition) is 2. The Hall–Kier alpha value is -2.64. The van der Waals surface area contributed by atoms with Crippen molar-refractivity contribution in [2.75, 3.05) is 5.32 Å². The topological polar surface area (TPSA) is 62.0 Å². The van der Waals surface area contributed by atoms with Crippen LogP contribution in [0, 0.1) is 11.7 Å². The summed E-state index contributed by atoms with van der Waals surface area (Å²) >= 11 is 0. The highest BCUT2D eigenvalue weighted by molar-refractivity contribution is 5.95. The molecule has 0 spiro atoms. The Morgan fingerprint density at radius 2 is 2.00 bits per heavy atom. The van der Waals surface area contributed by atoms with Crippen molar-refractivity contribution in [3.8, 4) is 0 Å². The fourth-order valence-corrected chi connectivity index (χ4v) is 2.56. The molecule has 1 aliphatic rings. The van der Waals surface area contributed by atoms with Gasteiger partial charge in [-0.2, -0.15) is 13.2 Å². The van der Waals surface area contributed by atoms with Crippen LogP contribution in [0.1, 0.15) is 23.5 Å². The third-order valence-electron chi connectivity index (χ3n) is 3.89. The summed E-state index contributed by atoms with van der Waals surface area (Å²) in [7, 11) is 0. The van der Waals surface area contributed by atoms with Crippen LogP contribution in [-0.4, -0.2) is 10.9 Å². The normalized spacial score (nSPS) is 19.8. The SMILES string of the molecule is O=C(Nc1cc(C(F)(F)F)c[nH]c1=O)C1CC1c1cccc(F)c1. The van der Waals surface area contributed by atoms with Crippen LogP contribution in [0.25, 0.3) is 0 Å². The van der Waals surface area contributed by atoms with Crippen LogP contribution in [0.4, 0.5) is 23.2 Å². The van der Waals surface area contributed by atoms with E-state index in [1.165, 1.54) is 18.2 Å². The lowest BCUT2D eigenvalue weighted by atomic mass is 10.1. The molecule has 1 heterocycles. The number of amides is 1. The van der Waals surface area contributed by atoms with Gasteiger partial charge in [0.15, 0.2) is 0 Å². The van der Waals surface area contributed by atoms with Crippen molar-refractivity contribution in [3.05, 3.63) is 63.8 Å². The predicted octanol–water partition coefficient (Wildman–Crippen LogP) is 3.28. The van der Waals surface area contributed by atoms with Crippen LogP contribution in [0.15, 0.2) is 41.3 Å². The van der Waals surface area contributed by atoms with Gasteiger partial charge < -0.3 is 10.3 Å². The van der Waals surface area contributed by atoms with Gasteiger partial charge in [0.05, 0.1) is 5.56 Å². The molecule has 2 N–H and O–H groups in total. The molecule has 0 radical (unpaired) electrons. The molecule has 1 fully saturated rings. The molecule has 8 heteroatoms. The van der Waals surface area contributed by atoms with Gasteiger partial charge in [-0.3, -0.25) is 9.59 Å². The molecular weight excluding hydrogens is 328 g/mol. The number of nitrogens with one attached hydrogen (secondary N) is 2. The third-order valence-corrected chi connectivity index (χ3v) is 3.89. The Bertz CT molecular complexity index is 844. The Labute approximate surface area is 133 Å². The number of aromatic nitrogens is 1. The summed E-state index contributed by atoms with van der Waals surface area (Å²) in [5.74, 6) is -1.69. The Morgan fingerprint density at radius 3 is 2.67 bits per heavy atom. The third kappa shape index (κ3) is 3.32. The van der Waals surface area contributed by atoms with Gasteiger partial charge in [0, 0.05) is 12.1 Å². The molecule has 0 saturated heterocycles. The number of H-pyrrole nitrogens is 1. The van der Waals surface area contributed by atoms with E-state index in [0.717, 1.165) is 0 Å². The zero-order valence-corrected chi connectivity index (χ0v) is 12.2. The number of carbonyl (C=O) groups is 1. The summed E-state index contributed by atoms with van der Waals surface area (Å²) in [6.45, 7) is 0. The van der Waals surface area contributed by atoms with E-state index in [2.05, 4.69) is 5.32 Å². The van der Waals surface area contributed by atoms with Crippen molar-refractivity contribution in [3.63, 3.8) is 0 Å². The number of anilines is 1. The van der Waals surface area contributed by atoms with Crippen LogP contribution < -0.4 is 10.9 Å². The number of aromatic amines is 1. The first-order chi connectivity index (χ1) is 11.3. The van der Waals surface area contributed by atoms with Crippen LogP contribution in [0.3, 0.4) is 0 Å². The molecule has 3 rings (SSSR count). The predicted molar refractivity (Wildman–Crippen MR) is 77.9 cm³/mol. The van der Waals surface area contributed by atoms with Gasteiger partial charge in [0.1, 0.15) is 11.5 Å². The van der Waals surface area contributed by atoms with Crippen molar-refractivity contribution >= 4 is 11.6 Å². The average Bonchev–Trinajstić information content (AvgIpc) is 3.29. The van der Waals surface area contributed by atoms with Gasteiger partial charge >= 0.3 is 6.18 Å². The van der Waals surface area contributed by atoms with E-state index in [-0.39, 0.29) is 5.92 Å². The van der Waals surface area contributed by atoms with Gasteiger partial charge in [0.25, 0.3) is 5.56 Å². The second kappa shape index (κ2) is 5.77.